The van der Waals surface area contributed by atoms with Crippen LogP contribution in [0.1, 0.15) is 51.3 Å². The molecule has 1 aromatic heterocycles. The minimum absolute atomic E-state index is 0.546. The summed E-state index contributed by atoms with van der Waals surface area (Å²) in [6.07, 6.45) is 7.09. The van der Waals surface area contributed by atoms with Gasteiger partial charge in [-0.1, -0.05) is 19.4 Å². The highest BCUT2D eigenvalue weighted by Crippen LogP contribution is 2.31. The Morgan fingerprint density at radius 1 is 1.44 bits per heavy atom. The van der Waals surface area contributed by atoms with Crippen molar-refractivity contribution in [1.82, 2.24) is 9.88 Å². The summed E-state index contributed by atoms with van der Waals surface area (Å²) in [6, 6.07) is 7.49. The molecule has 0 aromatic carbocycles. The summed E-state index contributed by atoms with van der Waals surface area (Å²) in [5, 5.41) is 0. The summed E-state index contributed by atoms with van der Waals surface area (Å²) in [6.45, 7) is 5.84. The molecule has 1 fully saturated rings. The zero-order chi connectivity index (χ0) is 11.4. The van der Waals surface area contributed by atoms with E-state index in [0.717, 1.165) is 0 Å². The van der Waals surface area contributed by atoms with E-state index in [1.54, 1.807) is 0 Å². The Hall–Kier alpha value is -0.890. The maximum Gasteiger partial charge on any atom is 0.0575 e. The molecule has 16 heavy (non-hydrogen) atoms. The van der Waals surface area contributed by atoms with Gasteiger partial charge in [0.1, 0.15) is 0 Å². The molecule has 0 saturated carbocycles. The first-order valence-electron chi connectivity index (χ1n) is 6.49. The number of likely N-dealkylation sites (tertiary alicyclic amines) is 1. The molecule has 1 aliphatic rings. The maximum atomic E-state index is 4.53. The van der Waals surface area contributed by atoms with Crippen LogP contribution in [0.3, 0.4) is 0 Å². The van der Waals surface area contributed by atoms with E-state index in [0.29, 0.717) is 12.1 Å². The molecule has 2 unspecified atom stereocenters. The van der Waals surface area contributed by atoms with Gasteiger partial charge in [0.2, 0.25) is 0 Å². The van der Waals surface area contributed by atoms with E-state index >= 15 is 0 Å². The molecule has 0 N–H and O–H groups in total. The molecular weight excluding hydrogens is 196 g/mol. The zero-order valence-electron chi connectivity index (χ0n) is 10.4. The van der Waals surface area contributed by atoms with Gasteiger partial charge in [-0.3, -0.25) is 9.88 Å². The Balaban J connectivity index is 2.16. The fourth-order valence-electron chi connectivity index (χ4n) is 2.61. The number of piperidine rings is 1. The molecule has 2 rings (SSSR count). The van der Waals surface area contributed by atoms with Crippen molar-refractivity contribution in [3.63, 3.8) is 0 Å². The predicted octanol–water partition coefficient (Wildman–Crippen LogP) is 3.41. The summed E-state index contributed by atoms with van der Waals surface area (Å²) < 4.78 is 0. The number of hydrogen-bond acceptors (Lipinski definition) is 2. The van der Waals surface area contributed by atoms with Crippen LogP contribution in [-0.4, -0.2) is 22.5 Å². The second-order valence-corrected chi connectivity index (χ2v) is 4.76. The van der Waals surface area contributed by atoms with Crippen molar-refractivity contribution in [2.45, 2.75) is 51.6 Å². The van der Waals surface area contributed by atoms with Gasteiger partial charge >= 0.3 is 0 Å². The van der Waals surface area contributed by atoms with Crippen molar-refractivity contribution in [1.29, 1.82) is 0 Å². The van der Waals surface area contributed by atoms with Crippen LogP contribution in [0.4, 0.5) is 0 Å². The standard InChI is InChI=1S/C14H22N2/c1-3-12(2)16-11-7-5-9-14(16)13-8-4-6-10-15-13/h4,6,8,10,12,14H,3,5,7,9,11H2,1-2H3. The van der Waals surface area contributed by atoms with Crippen LogP contribution in [0, 0.1) is 0 Å². The molecule has 0 amide bonds. The third-order valence-corrected chi connectivity index (χ3v) is 3.73. The molecule has 1 aromatic rings. The SMILES string of the molecule is CCC(C)N1CCCCC1c1ccccn1. The van der Waals surface area contributed by atoms with E-state index in [2.05, 4.69) is 35.9 Å². The van der Waals surface area contributed by atoms with E-state index in [1.165, 1.54) is 37.9 Å². The third-order valence-electron chi connectivity index (χ3n) is 3.73. The van der Waals surface area contributed by atoms with Crippen LogP contribution < -0.4 is 0 Å². The van der Waals surface area contributed by atoms with Gasteiger partial charge in [0, 0.05) is 12.2 Å². The summed E-state index contributed by atoms with van der Waals surface area (Å²) in [7, 11) is 0. The first kappa shape index (κ1) is 11.6. The van der Waals surface area contributed by atoms with E-state index in [4.69, 9.17) is 0 Å². The Bertz CT molecular complexity index is 310. The summed E-state index contributed by atoms with van der Waals surface area (Å²) >= 11 is 0. The lowest BCUT2D eigenvalue weighted by Gasteiger charge is -2.39. The molecule has 88 valence electrons. The molecule has 0 spiro atoms. The van der Waals surface area contributed by atoms with Gasteiger partial charge in [-0.2, -0.15) is 0 Å². The molecule has 2 heterocycles. The molecular formula is C14H22N2. The molecule has 2 heteroatoms. The van der Waals surface area contributed by atoms with Gasteiger partial charge in [-0.05, 0) is 44.9 Å². The predicted molar refractivity (Wildman–Crippen MR) is 67.3 cm³/mol. The smallest absolute Gasteiger partial charge is 0.0575 e. The van der Waals surface area contributed by atoms with Crippen LogP contribution >= 0.6 is 0 Å². The van der Waals surface area contributed by atoms with Gasteiger partial charge in [-0.25, -0.2) is 0 Å². The van der Waals surface area contributed by atoms with Gasteiger partial charge in [-0.15, -0.1) is 0 Å². The zero-order valence-corrected chi connectivity index (χ0v) is 10.4. The monoisotopic (exact) mass is 218 g/mol. The second kappa shape index (κ2) is 5.44. The summed E-state index contributed by atoms with van der Waals surface area (Å²) in [5.74, 6) is 0. The first-order chi connectivity index (χ1) is 7.83. The molecule has 0 aliphatic carbocycles. The molecule has 1 saturated heterocycles. The number of pyridine rings is 1. The highest BCUT2D eigenvalue weighted by atomic mass is 15.2. The first-order valence-corrected chi connectivity index (χ1v) is 6.49. The van der Waals surface area contributed by atoms with Crippen LogP contribution in [0.5, 0.6) is 0 Å². The lowest BCUT2D eigenvalue weighted by atomic mass is 9.96. The molecule has 1 aliphatic heterocycles. The van der Waals surface area contributed by atoms with E-state index in [1.807, 2.05) is 12.3 Å². The third kappa shape index (κ3) is 2.43. The minimum atomic E-state index is 0.546. The van der Waals surface area contributed by atoms with E-state index in [9.17, 15) is 0 Å². The Morgan fingerprint density at radius 3 is 3.00 bits per heavy atom. The highest BCUT2D eigenvalue weighted by molar-refractivity contribution is 5.10. The van der Waals surface area contributed by atoms with Crippen molar-refractivity contribution >= 4 is 0 Å². The van der Waals surface area contributed by atoms with Crippen LogP contribution in [0.25, 0.3) is 0 Å². The summed E-state index contributed by atoms with van der Waals surface area (Å²) in [4.78, 5) is 7.16. The lowest BCUT2D eigenvalue weighted by molar-refractivity contribution is 0.0981. The van der Waals surface area contributed by atoms with Gasteiger partial charge < -0.3 is 0 Å². The average molecular weight is 218 g/mol. The van der Waals surface area contributed by atoms with Crippen molar-refractivity contribution in [2.24, 2.45) is 0 Å². The number of hydrogen-bond donors (Lipinski definition) is 0. The molecule has 2 nitrogen and oxygen atoms in total. The van der Waals surface area contributed by atoms with Gasteiger partial charge in [0.15, 0.2) is 0 Å². The molecule has 2 atom stereocenters. The van der Waals surface area contributed by atoms with Gasteiger partial charge in [0.25, 0.3) is 0 Å². The number of aromatic nitrogens is 1. The topological polar surface area (TPSA) is 16.1 Å². The Labute approximate surface area is 98.7 Å². The van der Waals surface area contributed by atoms with Gasteiger partial charge in [0.05, 0.1) is 11.7 Å². The largest absolute Gasteiger partial charge is 0.292 e. The maximum absolute atomic E-state index is 4.53. The highest BCUT2D eigenvalue weighted by Gasteiger charge is 2.27. The lowest BCUT2D eigenvalue weighted by Crippen LogP contribution is -2.40. The van der Waals surface area contributed by atoms with Crippen molar-refractivity contribution < 1.29 is 0 Å². The van der Waals surface area contributed by atoms with E-state index < -0.39 is 0 Å². The van der Waals surface area contributed by atoms with Crippen molar-refractivity contribution in [3.8, 4) is 0 Å². The Morgan fingerprint density at radius 2 is 2.31 bits per heavy atom. The van der Waals surface area contributed by atoms with Crippen LogP contribution in [-0.2, 0) is 0 Å². The normalized spacial score (nSPS) is 24.2. The van der Waals surface area contributed by atoms with Crippen molar-refractivity contribution in [2.75, 3.05) is 6.54 Å². The number of rotatable bonds is 3. The summed E-state index contributed by atoms with van der Waals surface area (Å²) in [5.41, 5.74) is 1.25. The van der Waals surface area contributed by atoms with Crippen LogP contribution in [0.2, 0.25) is 0 Å². The fraction of sp³-hybridized carbons (Fsp3) is 0.643. The molecule has 0 bridgehead atoms. The second-order valence-electron chi connectivity index (χ2n) is 4.76. The fourth-order valence-corrected chi connectivity index (χ4v) is 2.61. The van der Waals surface area contributed by atoms with Crippen LogP contribution in [0.15, 0.2) is 24.4 Å². The van der Waals surface area contributed by atoms with E-state index in [-0.39, 0.29) is 0 Å². The minimum Gasteiger partial charge on any atom is -0.292 e. The average Bonchev–Trinajstić information content (AvgIpc) is 2.39. The number of nitrogens with zero attached hydrogens (tertiary/aromatic N) is 2. The quantitative estimate of drug-likeness (QED) is 0.773. The van der Waals surface area contributed by atoms with Crippen molar-refractivity contribution in [3.05, 3.63) is 30.1 Å². The molecule has 0 radical (unpaired) electrons. The Kier molecular flexibility index (Phi) is 3.94.